The monoisotopic (exact) mass is 155 g/mol. The largest absolute Gasteiger partial charge is 0.401 e. The number of hydrogen-bond acceptors (Lipinski definition) is 1. The summed E-state index contributed by atoms with van der Waals surface area (Å²) in [6.45, 7) is -0.910. The first kappa shape index (κ1) is 9.75. The van der Waals surface area contributed by atoms with Crippen LogP contribution in [0, 0.1) is 0 Å². The number of rotatable bonds is 1. The molecule has 0 amide bonds. The van der Waals surface area contributed by atoms with Gasteiger partial charge < -0.3 is 5.32 Å². The Morgan fingerprint density at radius 3 is 1.60 bits per heavy atom. The lowest BCUT2D eigenvalue weighted by Gasteiger charge is -2.01. The molecule has 1 aliphatic carbocycles. The van der Waals surface area contributed by atoms with Crippen molar-refractivity contribution in [3.8, 4) is 0 Å². The average Bonchev–Trinajstić information content (AvgIpc) is 2.40. The van der Waals surface area contributed by atoms with E-state index in [1.54, 1.807) is 0 Å². The molecule has 0 aliphatic heterocycles. The highest BCUT2D eigenvalue weighted by Crippen LogP contribution is 2.14. The zero-order chi connectivity index (χ0) is 8.04. The van der Waals surface area contributed by atoms with Crippen LogP contribution in [0.4, 0.5) is 13.2 Å². The molecule has 0 aromatic heterocycles. The highest BCUT2D eigenvalue weighted by atomic mass is 19.4. The minimum Gasteiger partial charge on any atom is -0.312 e. The number of alkyl halides is 3. The van der Waals surface area contributed by atoms with Crippen molar-refractivity contribution in [1.82, 2.24) is 5.32 Å². The second-order valence-electron chi connectivity index (χ2n) is 2.21. The van der Waals surface area contributed by atoms with Crippen LogP contribution < -0.4 is 5.32 Å². The van der Waals surface area contributed by atoms with E-state index in [0.29, 0.717) is 0 Å². The molecule has 0 aromatic carbocycles. The summed E-state index contributed by atoms with van der Waals surface area (Å²) < 4.78 is 33.0. The van der Waals surface area contributed by atoms with Gasteiger partial charge in [-0.2, -0.15) is 13.2 Å². The van der Waals surface area contributed by atoms with Gasteiger partial charge in [-0.25, -0.2) is 0 Å². The number of hydrogen-bond donors (Lipinski definition) is 1. The van der Waals surface area contributed by atoms with Gasteiger partial charge in [-0.3, -0.25) is 0 Å². The molecule has 1 aliphatic rings. The van der Waals surface area contributed by atoms with Gasteiger partial charge >= 0.3 is 6.18 Å². The summed E-state index contributed by atoms with van der Waals surface area (Å²) in [5.41, 5.74) is 0. The molecule has 0 aromatic rings. The fourth-order valence-electron chi connectivity index (χ4n) is 0.200. The molecular formula is C6H12F3N. The van der Waals surface area contributed by atoms with Crippen molar-refractivity contribution in [2.45, 2.75) is 25.4 Å². The third-order valence-electron chi connectivity index (χ3n) is 0.731. The van der Waals surface area contributed by atoms with Crippen LogP contribution in [-0.2, 0) is 0 Å². The molecule has 4 heteroatoms. The summed E-state index contributed by atoms with van der Waals surface area (Å²) in [4.78, 5) is 0. The van der Waals surface area contributed by atoms with Gasteiger partial charge in [0.2, 0.25) is 0 Å². The van der Waals surface area contributed by atoms with Crippen molar-refractivity contribution < 1.29 is 13.2 Å². The Balaban J connectivity index is 0.000000219. The van der Waals surface area contributed by atoms with Crippen molar-refractivity contribution in [1.29, 1.82) is 0 Å². The van der Waals surface area contributed by atoms with E-state index in [9.17, 15) is 13.2 Å². The topological polar surface area (TPSA) is 12.0 Å². The third-order valence-corrected chi connectivity index (χ3v) is 0.731. The molecule has 1 N–H and O–H groups in total. The van der Waals surface area contributed by atoms with Crippen LogP contribution in [0.15, 0.2) is 0 Å². The van der Waals surface area contributed by atoms with E-state index < -0.39 is 12.7 Å². The summed E-state index contributed by atoms with van der Waals surface area (Å²) in [6.07, 6.45) is 0.439. The van der Waals surface area contributed by atoms with E-state index >= 15 is 0 Å². The quantitative estimate of drug-likeness (QED) is 0.610. The second-order valence-corrected chi connectivity index (χ2v) is 2.21. The summed E-state index contributed by atoms with van der Waals surface area (Å²) in [5, 5.41) is 1.98. The van der Waals surface area contributed by atoms with Crippen LogP contribution in [0.1, 0.15) is 19.3 Å². The number of halogens is 3. The molecule has 0 atom stereocenters. The fourth-order valence-corrected chi connectivity index (χ4v) is 0.200. The normalized spacial score (nSPS) is 15.6. The predicted molar refractivity (Wildman–Crippen MR) is 33.8 cm³/mol. The van der Waals surface area contributed by atoms with Gasteiger partial charge in [0.1, 0.15) is 0 Å². The zero-order valence-corrected chi connectivity index (χ0v) is 5.96. The maximum atomic E-state index is 11.0. The molecule has 1 fully saturated rings. The molecule has 1 nitrogen and oxygen atoms in total. The zero-order valence-electron chi connectivity index (χ0n) is 5.96. The summed E-state index contributed by atoms with van der Waals surface area (Å²) >= 11 is 0. The van der Waals surface area contributed by atoms with Gasteiger partial charge in [0.25, 0.3) is 0 Å². The Morgan fingerprint density at radius 2 is 1.60 bits per heavy atom. The van der Waals surface area contributed by atoms with Gasteiger partial charge in [0.15, 0.2) is 0 Å². The van der Waals surface area contributed by atoms with Gasteiger partial charge in [0, 0.05) is 0 Å². The molecule has 1 saturated carbocycles. The Morgan fingerprint density at radius 1 is 1.20 bits per heavy atom. The standard InChI is InChI=1S/C3H6F3N.C3H6/c1-7-2-3(4,5)6;1-2-3-1/h7H,2H2,1H3;1-3H2. The van der Waals surface area contributed by atoms with E-state index in [1.807, 2.05) is 5.32 Å². The highest BCUT2D eigenvalue weighted by Gasteiger charge is 2.24. The summed E-state index contributed by atoms with van der Waals surface area (Å²) in [5.74, 6) is 0. The Bertz CT molecular complexity index is 74.8. The minimum atomic E-state index is -4.06. The fraction of sp³-hybridized carbons (Fsp3) is 1.00. The second kappa shape index (κ2) is 4.55. The van der Waals surface area contributed by atoms with Crippen LogP contribution in [0.25, 0.3) is 0 Å². The minimum absolute atomic E-state index is 0.910. The van der Waals surface area contributed by atoms with Crippen molar-refractivity contribution in [2.24, 2.45) is 0 Å². The lowest BCUT2D eigenvalue weighted by molar-refractivity contribution is -0.123. The van der Waals surface area contributed by atoms with Gasteiger partial charge in [0.05, 0.1) is 6.54 Å². The van der Waals surface area contributed by atoms with Crippen molar-refractivity contribution in [2.75, 3.05) is 13.6 Å². The van der Waals surface area contributed by atoms with Gasteiger partial charge in [-0.05, 0) is 7.05 Å². The maximum Gasteiger partial charge on any atom is 0.401 e. The number of nitrogens with one attached hydrogen (secondary N) is 1. The van der Waals surface area contributed by atoms with Crippen LogP contribution in [-0.4, -0.2) is 19.8 Å². The van der Waals surface area contributed by atoms with Gasteiger partial charge in [-0.15, -0.1) is 0 Å². The van der Waals surface area contributed by atoms with E-state index in [-0.39, 0.29) is 0 Å². The maximum absolute atomic E-state index is 11.0. The highest BCUT2D eigenvalue weighted by molar-refractivity contribution is 4.50. The first-order valence-corrected chi connectivity index (χ1v) is 3.27. The summed E-state index contributed by atoms with van der Waals surface area (Å²) in [7, 11) is 1.26. The summed E-state index contributed by atoms with van der Waals surface area (Å²) in [6, 6.07) is 0. The lowest BCUT2D eigenvalue weighted by atomic mass is 10.6. The van der Waals surface area contributed by atoms with E-state index in [0.717, 1.165) is 0 Å². The first-order valence-electron chi connectivity index (χ1n) is 3.27. The van der Waals surface area contributed by atoms with E-state index in [4.69, 9.17) is 0 Å². The van der Waals surface area contributed by atoms with Crippen molar-refractivity contribution >= 4 is 0 Å². The average molecular weight is 155 g/mol. The molecule has 0 heterocycles. The van der Waals surface area contributed by atoms with Crippen molar-refractivity contribution in [3.63, 3.8) is 0 Å². The molecule has 62 valence electrons. The smallest absolute Gasteiger partial charge is 0.312 e. The first-order chi connectivity index (χ1) is 4.56. The lowest BCUT2D eigenvalue weighted by Crippen LogP contribution is -2.25. The molecule has 0 unspecified atom stereocenters. The molecule has 10 heavy (non-hydrogen) atoms. The molecular weight excluding hydrogens is 143 g/mol. The van der Waals surface area contributed by atoms with Crippen LogP contribution in [0.5, 0.6) is 0 Å². The molecule has 0 radical (unpaired) electrons. The van der Waals surface area contributed by atoms with Crippen LogP contribution in [0.3, 0.4) is 0 Å². The Kier molecular flexibility index (Phi) is 4.43. The van der Waals surface area contributed by atoms with Gasteiger partial charge in [-0.1, -0.05) is 19.3 Å². The van der Waals surface area contributed by atoms with Crippen molar-refractivity contribution in [3.05, 3.63) is 0 Å². The Hall–Kier alpha value is -0.250. The van der Waals surface area contributed by atoms with E-state index in [2.05, 4.69) is 0 Å². The van der Waals surface area contributed by atoms with E-state index in [1.165, 1.54) is 26.3 Å². The molecule has 0 saturated heterocycles. The van der Waals surface area contributed by atoms with Crippen LogP contribution >= 0.6 is 0 Å². The molecule has 1 rings (SSSR count). The van der Waals surface area contributed by atoms with Crippen LogP contribution in [0.2, 0.25) is 0 Å². The predicted octanol–water partition coefficient (Wildman–Crippen LogP) is 1.94. The molecule has 0 bridgehead atoms. The molecule has 0 spiro atoms. The Labute approximate surface area is 58.6 Å². The third kappa shape index (κ3) is 15.7. The SMILES string of the molecule is C1CC1.CNCC(F)(F)F.